The number of hydrogen-bond donors (Lipinski definition) is 1. The summed E-state index contributed by atoms with van der Waals surface area (Å²) >= 11 is 0. The fourth-order valence-electron chi connectivity index (χ4n) is 6.28. The van der Waals surface area contributed by atoms with Crippen molar-refractivity contribution < 1.29 is 9.84 Å². The van der Waals surface area contributed by atoms with Crippen LogP contribution >= 0.6 is 0 Å². The van der Waals surface area contributed by atoms with Crippen LogP contribution in [-0.4, -0.2) is 23.9 Å². The molecule has 1 saturated heterocycles. The van der Waals surface area contributed by atoms with Crippen molar-refractivity contribution in [1.29, 1.82) is 0 Å². The lowest BCUT2D eigenvalue weighted by Gasteiger charge is -2.59. The molecule has 1 heterocycles. The first-order valence-corrected chi connectivity index (χ1v) is 9.33. The molecule has 1 aliphatic heterocycles. The second-order valence-corrected chi connectivity index (χ2v) is 9.40. The van der Waals surface area contributed by atoms with Crippen molar-refractivity contribution in [3.8, 4) is 0 Å². The zero-order valence-corrected chi connectivity index (χ0v) is 14.7. The van der Waals surface area contributed by atoms with Crippen LogP contribution in [0.25, 0.3) is 0 Å². The van der Waals surface area contributed by atoms with Gasteiger partial charge in [-0.05, 0) is 73.7 Å². The number of ether oxygens (including phenoxy) is 1. The second-order valence-electron chi connectivity index (χ2n) is 9.40. The zero-order chi connectivity index (χ0) is 15.7. The minimum atomic E-state index is -0.200. The minimum Gasteiger partial charge on any atom is -0.389 e. The Labute approximate surface area is 135 Å². The number of rotatable bonds is 0. The third kappa shape index (κ3) is 1.99. The largest absolute Gasteiger partial charge is 0.389 e. The summed E-state index contributed by atoms with van der Waals surface area (Å²) in [5.41, 5.74) is 3.61. The summed E-state index contributed by atoms with van der Waals surface area (Å²) in [4.78, 5) is 0. The molecule has 0 aromatic rings. The topological polar surface area (TPSA) is 29.5 Å². The van der Waals surface area contributed by atoms with E-state index in [9.17, 15) is 5.11 Å². The predicted molar refractivity (Wildman–Crippen MR) is 88.5 cm³/mol. The van der Waals surface area contributed by atoms with Crippen LogP contribution in [0.4, 0.5) is 0 Å². The van der Waals surface area contributed by atoms with E-state index in [2.05, 4.69) is 27.7 Å². The maximum absolute atomic E-state index is 10.5. The number of fused-ring (bicyclic) bond motifs is 5. The van der Waals surface area contributed by atoms with Crippen LogP contribution in [-0.2, 0) is 4.74 Å². The summed E-state index contributed by atoms with van der Waals surface area (Å²) in [7, 11) is 0. The van der Waals surface area contributed by atoms with Crippen LogP contribution in [0.5, 0.6) is 0 Å². The van der Waals surface area contributed by atoms with Crippen LogP contribution in [0.15, 0.2) is 11.1 Å². The first-order valence-electron chi connectivity index (χ1n) is 9.33. The van der Waals surface area contributed by atoms with Crippen LogP contribution < -0.4 is 0 Å². The lowest BCUT2D eigenvalue weighted by atomic mass is 9.50. The van der Waals surface area contributed by atoms with Crippen molar-refractivity contribution in [2.24, 2.45) is 28.6 Å². The standard InChI is InChI=1S/C20H32O2/c1-12-15-5-7-20(4)8-6-18-14(11-22-18)16(20)9-13(10-17(12)21)19(15,2)3/h13-14,16-18,21H,5-11H2,1-4H3/t13?,14?,16-,17?,18-,20-/m1/s1. The van der Waals surface area contributed by atoms with Crippen LogP contribution in [0.3, 0.4) is 0 Å². The fraction of sp³-hybridized carbons (Fsp3) is 0.900. The smallest absolute Gasteiger partial charge is 0.0753 e. The Morgan fingerprint density at radius 3 is 2.59 bits per heavy atom. The van der Waals surface area contributed by atoms with Crippen LogP contribution in [0.1, 0.15) is 66.2 Å². The number of aliphatic hydroxyl groups is 1. The number of aliphatic hydroxyl groups excluding tert-OH is 1. The molecule has 2 saturated carbocycles. The summed E-state index contributed by atoms with van der Waals surface area (Å²) in [6.07, 6.45) is 7.70. The SMILES string of the molecule is CC1=C2CC[C@]3(C)CC[C@H]4OCC4[C@H]3CC(CC1O)C2(C)C. The van der Waals surface area contributed by atoms with Gasteiger partial charge in [0.15, 0.2) is 0 Å². The molecule has 4 rings (SSSR count). The van der Waals surface area contributed by atoms with Gasteiger partial charge >= 0.3 is 0 Å². The van der Waals surface area contributed by atoms with E-state index in [1.54, 1.807) is 5.57 Å². The van der Waals surface area contributed by atoms with Crippen LogP contribution in [0, 0.1) is 28.6 Å². The molecule has 3 unspecified atom stereocenters. The third-order valence-electron chi connectivity index (χ3n) is 8.16. The van der Waals surface area contributed by atoms with E-state index in [0.717, 1.165) is 24.9 Å². The Hall–Kier alpha value is -0.340. The molecule has 1 N–H and O–H groups in total. The van der Waals surface area contributed by atoms with Crippen molar-refractivity contribution in [3.63, 3.8) is 0 Å². The summed E-state index contributed by atoms with van der Waals surface area (Å²) in [5.74, 6) is 2.22. The fourth-order valence-corrected chi connectivity index (χ4v) is 6.28. The zero-order valence-electron chi connectivity index (χ0n) is 14.7. The van der Waals surface area contributed by atoms with Gasteiger partial charge in [0.2, 0.25) is 0 Å². The minimum absolute atomic E-state index is 0.200. The van der Waals surface area contributed by atoms with Gasteiger partial charge in [-0.15, -0.1) is 0 Å². The van der Waals surface area contributed by atoms with E-state index >= 15 is 0 Å². The molecule has 4 aliphatic rings. The highest BCUT2D eigenvalue weighted by Gasteiger charge is 2.54. The Morgan fingerprint density at radius 2 is 1.91 bits per heavy atom. The molecule has 22 heavy (non-hydrogen) atoms. The lowest BCUT2D eigenvalue weighted by molar-refractivity contribution is -0.198. The Morgan fingerprint density at radius 1 is 1.14 bits per heavy atom. The average molecular weight is 304 g/mol. The highest BCUT2D eigenvalue weighted by molar-refractivity contribution is 5.28. The monoisotopic (exact) mass is 304 g/mol. The van der Waals surface area contributed by atoms with E-state index in [0.29, 0.717) is 17.4 Å². The molecule has 124 valence electrons. The van der Waals surface area contributed by atoms with E-state index in [1.165, 1.54) is 37.7 Å². The second kappa shape index (κ2) is 4.83. The maximum Gasteiger partial charge on any atom is 0.0753 e. The van der Waals surface area contributed by atoms with Crippen LogP contribution in [0.2, 0.25) is 0 Å². The summed E-state index contributed by atoms with van der Waals surface area (Å²) in [6.45, 7) is 10.6. The first kappa shape index (κ1) is 15.2. The Kier molecular flexibility index (Phi) is 3.34. The van der Waals surface area contributed by atoms with Crippen molar-refractivity contribution >= 4 is 0 Å². The van der Waals surface area contributed by atoms with Gasteiger partial charge in [0.1, 0.15) is 0 Å². The van der Waals surface area contributed by atoms with Gasteiger partial charge in [-0.2, -0.15) is 0 Å². The molecule has 2 nitrogen and oxygen atoms in total. The molecule has 3 aliphatic carbocycles. The lowest BCUT2D eigenvalue weighted by Crippen LogP contribution is -2.56. The van der Waals surface area contributed by atoms with Gasteiger partial charge in [0, 0.05) is 5.92 Å². The third-order valence-corrected chi connectivity index (χ3v) is 8.16. The summed E-state index contributed by atoms with van der Waals surface area (Å²) in [6, 6.07) is 0. The predicted octanol–water partition coefficient (Wildman–Crippen LogP) is 4.33. The first-order chi connectivity index (χ1) is 10.3. The molecule has 0 radical (unpaired) electrons. The van der Waals surface area contributed by atoms with Crippen molar-refractivity contribution in [2.75, 3.05) is 6.61 Å². The van der Waals surface area contributed by atoms with Crippen molar-refractivity contribution in [3.05, 3.63) is 11.1 Å². The molecule has 0 aromatic carbocycles. The highest BCUT2D eigenvalue weighted by Crippen LogP contribution is 2.60. The molecule has 0 amide bonds. The van der Waals surface area contributed by atoms with E-state index < -0.39 is 0 Å². The maximum atomic E-state index is 10.5. The summed E-state index contributed by atoms with van der Waals surface area (Å²) < 4.78 is 5.84. The summed E-state index contributed by atoms with van der Waals surface area (Å²) in [5, 5.41) is 10.5. The average Bonchev–Trinajstić information content (AvgIpc) is 2.40. The molecule has 0 aromatic heterocycles. The molecule has 2 bridgehead atoms. The highest BCUT2D eigenvalue weighted by atomic mass is 16.5. The van der Waals surface area contributed by atoms with Crippen molar-refractivity contribution in [2.45, 2.75) is 78.4 Å². The van der Waals surface area contributed by atoms with E-state index in [4.69, 9.17) is 4.74 Å². The molecule has 0 spiro atoms. The molecule has 6 atom stereocenters. The van der Waals surface area contributed by atoms with Crippen molar-refractivity contribution in [1.82, 2.24) is 0 Å². The van der Waals surface area contributed by atoms with Gasteiger partial charge in [-0.3, -0.25) is 0 Å². The molecular weight excluding hydrogens is 272 g/mol. The van der Waals surface area contributed by atoms with Gasteiger partial charge in [0.05, 0.1) is 18.8 Å². The van der Waals surface area contributed by atoms with Gasteiger partial charge in [-0.25, -0.2) is 0 Å². The molecule has 2 heteroatoms. The van der Waals surface area contributed by atoms with Gasteiger partial charge in [-0.1, -0.05) is 26.3 Å². The van der Waals surface area contributed by atoms with Gasteiger partial charge in [0.25, 0.3) is 0 Å². The number of hydrogen-bond acceptors (Lipinski definition) is 2. The number of allylic oxidation sites excluding steroid dienone is 1. The molecule has 3 fully saturated rings. The van der Waals surface area contributed by atoms with Gasteiger partial charge < -0.3 is 9.84 Å². The Bertz CT molecular complexity index is 506. The normalized spacial score (nSPS) is 50.3. The Balaban J connectivity index is 1.72. The van der Waals surface area contributed by atoms with E-state index in [1.807, 2.05) is 0 Å². The van der Waals surface area contributed by atoms with E-state index in [-0.39, 0.29) is 11.5 Å². The quantitative estimate of drug-likeness (QED) is 0.675. The molecular formula is C20H32O2.